The van der Waals surface area contributed by atoms with Crippen LogP contribution < -0.4 is 0 Å². The van der Waals surface area contributed by atoms with E-state index in [0.717, 1.165) is 4.31 Å². The number of carbonyl (C=O) groups is 1. The predicted octanol–water partition coefficient (Wildman–Crippen LogP) is -0.566. The molecule has 0 saturated heterocycles. The summed E-state index contributed by atoms with van der Waals surface area (Å²) >= 11 is 0. The summed E-state index contributed by atoms with van der Waals surface area (Å²) in [6.07, 6.45) is 1.35. The first-order valence-corrected chi connectivity index (χ1v) is 5.87. The van der Waals surface area contributed by atoms with Crippen molar-refractivity contribution in [1.82, 2.24) is 13.9 Å². The number of imidazole rings is 1. The number of rotatable bonds is 4. The lowest BCUT2D eigenvalue weighted by atomic mass is 10.7. The fourth-order valence-electron chi connectivity index (χ4n) is 1.09. The molecule has 0 amide bonds. The van der Waals surface area contributed by atoms with Crippen molar-refractivity contribution in [2.45, 2.75) is 11.9 Å². The van der Waals surface area contributed by atoms with Crippen molar-refractivity contribution in [3.63, 3.8) is 0 Å². The van der Waals surface area contributed by atoms with E-state index >= 15 is 0 Å². The molecule has 1 rings (SSSR count). The quantitative estimate of drug-likeness (QED) is 0.769. The zero-order valence-corrected chi connectivity index (χ0v) is 10.0. The summed E-state index contributed by atoms with van der Waals surface area (Å²) in [5.41, 5.74) is 0. The van der Waals surface area contributed by atoms with Gasteiger partial charge in [0.2, 0.25) is 0 Å². The number of aryl methyl sites for hydroxylation is 2. The Morgan fingerprint density at radius 2 is 2.19 bits per heavy atom. The van der Waals surface area contributed by atoms with Gasteiger partial charge in [-0.15, -0.1) is 0 Å². The molecule has 0 aliphatic carbocycles. The Morgan fingerprint density at radius 1 is 1.62 bits per heavy atom. The number of carboxylic acid groups (broad SMARTS) is 1. The van der Waals surface area contributed by atoms with Gasteiger partial charge in [0.1, 0.15) is 12.4 Å². The lowest BCUT2D eigenvalue weighted by Crippen LogP contribution is -2.32. The SMILES string of the molecule is Cc1nc(S(=O)(=O)N(C)CC(=O)O)cn1C. The summed E-state index contributed by atoms with van der Waals surface area (Å²) in [5, 5.41) is 8.38. The molecule has 0 aliphatic heterocycles. The normalized spacial score (nSPS) is 12.0. The number of carboxylic acids is 1. The first kappa shape index (κ1) is 12.7. The van der Waals surface area contributed by atoms with Crippen LogP contribution in [0.25, 0.3) is 0 Å². The maximum atomic E-state index is 11.8. The molecule has 16 heavy (non-hydrogen) atoms. The Kier molecular flexibility index (Phi) is 3.34. The standard InChI is InChI=1S/C8H13N3O4S/c1-6-9-7(4-10(6)2)16(14,15)11(3)5-8(12)13/h4H,5H2,1-3H3,(H,12,13). The van der Waals surface area contributed by atoms with Crippen LogP contribution in [0.15, 0.2) is 11.2 Å². The van der Waals surface area contributed by atoms with E-state index in [1.807, 2.05) is 0 Å². The minimum atomic E-state index is -3.82. The van der Waals surface area contributed by atoms with E-state index in [1.54, 1.807) is 18.5 Å². The number of aliphatic carboxylic acids is 1. The van der Waals surface area contributed by atoms with Crippen molar-refractivity contribution in [2.75, 3.05) is 13.6 Å². The van der Waals surface area contributed by atoms with E-state index in [4.69, 9.17) is 5.11 Å². The molecule has 0 aliphatic rings. The first-order chi connectivity index (χ1) is 7.25. The van der Waals surface area contributed by atoms with Crippen LogP contribution in [0.5, 0.6) is 0 Å². The smallest absolute Gasteiger partial charge is 0.318 e. The summed E-state index contributed by atoms with van der Waals surface area (Å²) in [6.45, 7) is 1.08. The second kappa shape index (κ2) is 4.22. The Morgan fingerprint density at radius 3 is 2.56 bits per heavy atom. The highest BCUT2D eigenvalue weighted by atomic mass is 32.2. The predicted molar refractivity (Wildman–Crippen MR) is 55.4 cm³/mol. The third-order valence-corrected chi connectivity index (χ3v) is 3.79. The molecular formula is C8H13N3O4S. The molecule has 0 unspecified atom stereocenters. The van der Waals surface area contributed by atoms with Crippen LogP contribution in [0, 0.1) is 6.92 Å². The average molecular weight is 247 g/mol. The highest BCUT2D eigenvalue weighted by molar-refractivity contribution is 7.89. The highest BCUT2D eigenvalue weighted by Crippen LogP contribution is 2.12. The monoisotopic (exact) mass is 247 g/mol. The second-order valence-corrected chi connectivity index (χ2v) is 5.38. The minimum absolute atomic E-state index is 0.142. The minimum Gasteiger partial charge on any atom is -0.480 e. The molecule has 0 bridgehead atoms. The lowest BCUT2D eigenvalue weighted by Gasteiger charge is -2.12. The van der Waals surface area contributed by atoms with Crippen molar-refractivity contribution in [3.05, 3.63) is 12.0 Å². The zero-order chi connectivity index (χ0) is 12.5. The molecule has 8 heteroatoms. The maximum absolute atomic E-state index is 11.8. The molecule has 1 aromatic rings. The third kappa shape index (κ3) is 2.39. The lowest BCUT2D eigenvalue weighted by molar-refractivity contribution is -0.137. The van der Waals surface area contributed by atoms with Gasteiger partial charge in [-0.1, -0.05) is 0 Å². The van der Waals surface area contributed by atoms with Crippen molar-refractivity contribution >= 4 is 16.0 Å². The molecule has 1 N–H and O–H groups in total. The Balaban J connectivity index is 3.06. The molecule has 0 fully saturated rings. The maximum Gasteiger partial charge on any atom is 0.318 e. The molecule has 1 aromatic heterocycles. The zero-order valence-electron chi connectivity index (χ0n) is 9.21. The van der Waals surface area contributed by atoms with Gasteiger partial charge < -0.3 is 9.67 Å². The van der Waals surface area contributed by atoms with Crippen molar-refractivity contribution in [1.29, 1.82) is 0 Å². The average Bonchev–Trinajstić information content (AvgIpc) is 2.46. The Hall–Kier alpha value is -1.41. The topological polar surface area (TPSA) is 92.5 Å². The molecule has 0 saturated carbocycles. The highest BCUT2D eigenvalue weighted by Gasteiger charge is 2.25. The molecule has 1 heterocycles. The van der Waals surface area contributed by atoms with Gasteiger partial charge in [0.05, 0.1) is 0 Å². The van der Waals surface area contributed by atoms with Gasteiger partial charge in [-0.25, -0.2) is 13.4 Å². The van der Waals surface area contributed by atoms with Crippen LogP contribution in [-0.2, 0) is 21.9 Å². The summed E-state index contributed by atoms with van der Waals surface area (Å²) in [4.78, 5) is 14.3. The van der Waals surface area contributed by atoms with Gasteiger partial charge in [0.15, 0.2) is 5.03 Å². The van der Waals surface area contributed by atoms with Crippen molar-refractivity contribution in [3.8, 4) is 0 Å². The van der Waals surface area contributed by atoms with Crippen LogP contribution >= 0.6 is 0 Å². The molecule has 90 valence electrons. The van der Waals surface area contributed by atoms with E-state index in [9.17, 15) is 13.2 Å². The van der Waals surface area contributed by atoms with Crippen LogP contribution in [0.4, 0.5) is 0 Å². The van der Waals surface area contributed by atoms with E-state index in [1.165, 1.54) is 13.2 Å². The van der Waals surface area contributed by atoms with Crippen LogP contribution in [0.1, 0.15) is 5.82 Å². The fraction of sp³-hybridized carbons (Fsp3) is 0.500. The summed E-state index contributed by atoms with van der Waals surface area (Å²) in [7, 11) is -0.948. The largest absolute Gasteiger partial charge is 0.480 e. The van der Waals surface area contributed by atoms with Gasteiger partial charge in [-0.3, -0.25) is 4.79 Å². The fourth-order valence-corrected chi connectivity index (χ4v) is 2.22. The van der Waals surface area contributed by atoms with Crippen LogP contribution in [-0.4, -0.2) is 46.9 Å². The van der Waals surface area contributed by atoms with Crippen molar-refractivity contribution < 1.29 is 18.3 Å². The summed E-state index contributed by atoms with van der Waals surface area (Å²) in [6, 6.07) is 0. The van der Waals surface area contributed by atoms with Gasteiger partial charge in [-0.05, 0) is 6.92 Å². The third-order valence-electron chi connectivity index (χ3n) is 2.12. The van der Waals surface area contributed by atoms with E-state index in [0.29, 0.717) is 5.82 Å². The Bertz CT molecular complexity index is 486. The molecular weight excluding hydrogens is 234 g/mol. The van der Waals surface area contributed by atoms with Gasteiger partial charge >= 0.3 is 5.97 Å². The van der Waals surface area contributed by atoms with Crippen molar-refractivity contribution in [2.24, 2.45) is 7.05 Å². The number of nitrogens with zero attached hydrogens (tertiary/aromatic N) is 3. The number of hydrogen-bond acceptors (Lipinski definition) is 4. The number of aromatic nitrogens is 2. The molecule has 0 radical (unpaired) electrons. The summed E-state index contributed by atoms with van der Waals surface area (Å²) in [5.74, 6) is -0.666. The number of likely N-dealkylation sites (N-methyl/N-ethyl adjacent to an activating group) is 1. The van der Waals surface area contributed by atoms with E-state index < -0.39 is 22.5 Å². The number of sulfonamides is 1. The Labute approximate surface area is 93.4 Å². The van der Waals surface area contributed by atoms with Gasteiger partial charge in [0.25, 0.3) is 10.0 Å². The van der Waals surface area contributed by atoms with E-state index in [2.05, 4.69) is 4.98 Å². The van der Waals surface area contributed by atoms with Crippen LogP contribution in [0.3, 0.4) is 0 Å². The molecule has 0 atom stereocenters. The van der Waals surface area contributed by atoms with Crippen LogP contribution in [0.2, 0.25) is 0 Å². The molecule has 0 aromatic carbocycles. The summed E-state index contributed by atoms with van der Waals surface area (Å²) < 4.78 is 25.9. The second-order valence-electron chi connectivity index (χ2n) is 3.39. The number of hydrogen-bond donors (Lipinski definition) is 1. The molecule has 7 nitrogen and oxygen atoms in total. The van der Waals surface area contributed by atoms with Gasteiger partial charge in [-0.2, -0.15) is 4.31 Å². The molecule has 0 spiro atoms. The first-order valence-electron chi connectivity index (χ1n) is 4.43. The van der Waals surface area contributed by atoms with Gasteiger partial charge in [0, 0.05) is 20.3 Å². The van der Waals surface area contributed by atoms with E-state index in [-0.39, 0.29) is 5.03 Å².